The van der Waals surface area contributed by atoms with Crippen LogP contribution in [0, 0.1) is 0 Å². The summed E-state index contributed by atoms with van der Waals surface area (Å²) in [5.41, 5.74) is 3.37. The molecule has 174 valence electrons. The molecule has 0 aliphatic carbocycles. The van der Waals surface area contributed by atoms with Crippen molar-refractivity contribution in [1.82, 2.24) is 23.8 Å². The number of likely N-dealkylation sites (tertiary alicyclic amines) is 1. The van der Waals surface area contributed by atoms with Crippen molar-refractivity contribution in [3.8, 4) is 0 Å². The number of benzene rings is 1. The van der Waals surface area contributed by atoms with Crippen LogP contribution >= 0.6 is 11.3 Å². The fourth-order valence-corrected chi connectivity index (χ4v) is 7.62. The van der Waals surface area contributed by atoms with Gasteiger partial charge in [0.25, 0.3) is 15.9 Å². The lowest BCUT2D eigenvalue weighted by atomic mass is 10.0. The predicted molar refractivity (Wildman–Crippen MR) is 128 cm³/mol. The molecule has 0 saturated carbocycles. The van der Waals surface area contributed by atoms with E-state index in [-0.39, 0.29) is 16.2 Å². The fourth-order valence-electron chi connectivity index (χ4n) is 4.90. The Bertz CT molecular complexity index is 1490. The van der Waals surface area contributed by atoms with Crippen LogP contribution in [0.2, 0.25) is 0 Å². The molecular formula is C24H23N5O3S2. The summed E-state index contributed by atoms with van der Waals surface area (Å²) in [5.74, 6) is 0.563. The number of rotatable bonds is 4. The van der Waals surface area contributed by atoms with E-state index >= 15 is 0 Å². The molecule has 1 aromatic carbocycles. The molecule has 0 radical (unpaired) electrons. The summed E-state index contributed by atoms with van der Waals surface area (Å²) >= 11 is 1.11. The summed E-state index contributed by atoms with van der Waals surface area (Å²) in [6, 6.07) is 15.0. The van der Waals surface area contributed by atoms with Crippen molar-refractivity contribution in [2.75, 3.05) is 13.1 Å². The Balaban J connectivity index is 1.25. The summed E-state index contributed by atoms with van der Waals surface area (Å²) in [7, 11) is -3.67. The molecule has 2 aliphatic rings. The van der Waals surface area contributed by atoms with Gasteiger partial charge in [0.1, 0.15) is 4.21 Å². The Labute approximate surface area is 201 Å². The number of hydrogen-bond donors (Lipinski definition) is 0. The predicted octanol–water partition coefficient (Wildman–Crippen LogP) is 3.52. The molecule has 1 fully saturated rings. The third-order valence-corrected chi connectivity index (χ3v) is 9.92. The first-order chi connectivity index (χ1) is 16.5. The van der Waals surface area contributed by atoms with E-state index in [1.165, 1.54) is 15.9 Å². The molecule has 1 atom stereocenters. The lowest BCUT2D eigenvalue weighted by Gasteiger charge is -2.27. The number of thiophene rings is 1. The van der Waals surface area contributed by atoms with Crippen LogP contribution in [-0.4, -0.2) is 51.2 Å². The summed E-state index contributed by atoms with van der Waals surface area (Å²) in [4.78, 5) is 15.2. The van der Waals surface area contributed by atoms with Crippen molar-refractivity contribution in [2.45, 2.75) is 36.1 Å². The Kier molecular flexibility index (Phi) is 5.23. The lowest BCUT2D eigenvalue weighted by molar-refractivity contribution is 0.0729. The van der Waals surface area contributed by atoms with Crippen LogP contribution in [0.4, 0.5) is 0 Å². The minimum atomic E-state index is -3.67. The lowest BCUT2D eigenvalue weighted by Crippen LogP contribution is -2.35. The number of sulfonamides is 1. The first kappa shape index (κ1) is 21.5. The minimum Gasteiger partial charge on any atom is -0.328 e. The topological polar surface area (TPSA) is 87.9 Å². The second kappa shape index (κ2) is 8.30. The van der Waals surface area contributed by atoms with Crippen LogP contribution in [0.5, 0.6) is 0 Å². The zero-order valence-electron chi connectivity index (χ0n) is 18.4. The van der Waals surface area contributed by atoms with Crippen LogP contribution in [0.15, 0.2) is 64.3 Å². The zero-order chi connectivity index (χ0) is 23.3. The van der Waals surface area contributed by atoms with Crippen molar-refractivity contribution in [3.63, 3.8) is 0 Å². The highest BCUT2D eigenvalue weighted by Gasteiger charge is 2.35. The number of carbonyl (C=O) groups is 1. The summed E-state index contributed by atoms with van der Waals surface area (Å²) in [6.07, 6.45) is 4.25. The maximum atomic E-state index is 13.4. The third-order valence-electron chi connectivity index (χ3n) is 6.66. The Hall–Kier alpha value is -3.08. The summed E-state index contributed by atoms with van der Waals surface area (Å²) in [5, 5.41) is 10.2. The minimum absolute atomic E-state index is 0.170. The van der Waals surface area contributed by atoms with Gasteiger partial charge in [-0.2, -0.15) is 4.31 Å². The van der Waals surface area contributed by atoms with Crippen molar-refractivity contribution < 1.29 is 13.2 Å². The molecule has 8 nitrogen and oxygen atoms in total. The molecule has 1 amide bonds. The third kappa shape index (κ3) is 3.53. The highest BCUT2D eigenvalue weighted by Crippen LogP contribution is 2.34. The van der Waals surface area contributed by atoms with E-state index in [0.29, 0.717) is 31.6 Å². The molecule has 1 saturated heterocycles. The molecule has 10 heteroatoms. The Morgan fingerprint density at radius 3 is 2.74 bits per heavy atom. The zero-order valence-corrected chi connectivity index (χ0v) is 20.0. The second-order valence-corrected chi connectivity index (χ2v) is 11.7. The van der Waals surface area contributed by atoms with E-state index in [2.05, 4.69) is 10.2 Å². The van der Waals surface area contributed by atoms with Crippen molar-refractivity contribution >= 4 is 32.9 Å². The van der Waals surface area contributed by atoms with Crippen LogP contribution in [0.1, 0.15) is 46.2 Å². The van der Waals surface area contributed by atoms with Crippen LogP contribution in [0.25, 0.3) is 5.65 Å². The van der Waals surface area contributed by atoms with Gasteiger partial charge in [-0.15, -0.1) is 21.5 Å². The molecule has 6 rings (SSSR count). The Morgan fingerprint density at radius 2 is 1.85 bits per heavy atom. The largest absolute Gasteiger partial charge is 0.328 e. The standard InChI is InChI=1S/C24H23N5O3S2/c30-24(28-12-5-8-20(28)23-26-25-21-9-3-4-11-29(21)23)19-14-22(33-16-19)34(31,32)27-13-10-17-6-1-2-7-18(17)15-27/h1-4,6-7,9,11,14,16,20H,5,8,10,12-13,15H2. The second-order valence-electron chi connectivity index (χ2n) is 8.66. The number of pyridine rings is 1. The SMILES string of the molecule is O=C(c1csc(S(=O)(=O)N2CCc3ccccc3C2)c1)N1CCCC1c1nnc2ccccn12. The quantitative estimate of drug-likeness (QED) is 0.434. The summed E-state index contributed by atoms with van der Waals surface area (Å²) < 4.78 is 30.3. The van der Waals surface area contributed by atoms with Crippen molar-refractivity contribution in [2.24, 2.45) is 0 Å². The molecule has 3 aromatic heterocycles. The molecule has 0 bridgehead atoms. The van der Waals surface area contributed by atoms with Gasteiger partial charge in [0, 0.05) is 31.2 Å². The fraction of sp³-hybridized carbons (Fsp3) is 0.292. The molecule has 0 N–H and O–H groups in total. The highest BCUT2D eigenvalue weighted by atomic mass is 32.2. The normalized spacial score (nSPS) is 18.9. The Morgan fingerprint density at radius 1 is 1.03 bits per heavy atom. The van der Waals surface area contributed by atoms with E-state index in [1.54, 1.807) is 10.3 Å². The number of fused-ring (bicyclic) bond motifs is 2. The monoisotopic (exact) mass is 493 g/mol. The number of hydrogen-bond acceptors (Lipinski definition) is 6. The number of amides is 1. The van der Waals surface area contributed by atoms with Gasteiger partial charge < -0.3 is 4.90 Å². The van der Waals surface area contributed by atoms with Gasteiger partial charge >= 0.3 is 0 Å². The number of carbonyl (C=O) groups excluding carboxylic acids is 1. The van der Waals surface area contributed by atoms with Gasteiger partial charge in [-0.1, -0.05) is 30.3 Å². The van der Waals surface area contributed by atoms with E-state index < -0.39 is 10.0 Å². The molecule has 2 aliphatic heterocycles. The average Bonchev–Trinajstić information content (AvgIpc) is 3.62. The van der Waals surface area contributed by atoms with E-state index in [0.717, 1.165) is 41.2 Å². The number of nitrogens with zero attached hydrogens (tertiary/aromatic N) is 5. The maximum absolute atomic E-state index is 13.4. The van der Waals surface area contributed by atoms with Gasteiger partial charge in [-0.05, 0) is 48.6 Å². The van der Waals surface area contributed by atoms with Crippen molar-refractivity contribution in [3.05, 3.63) is 82.6 Å². The summed E-state index contributed by atoms with van der Waals surface area (Å²) in [6.45, 7) is 1.40. The van der Waals surface area contributed by atoms with E-state index in [1.807, 2.05) is 53.1 Å². The number of aromatic nitrogens is 3. The van der Waals surface area contributed by atoms with Gasteiger partial charge in [0.2, 0.25) is 0 Å². The molecule has 34 heavy (non-hydrogen) atoms. The van der Waals surface area contributed by atoms with Gasteiger partial charge in [-0.25, -0.2) is 8.42 Å². The highest BCUT2D eigenvalue weighted by molar-refractivity contribution is 7.91. The molecule has 5 heterocycles. The van der Waals surface area contributed by atoms with Gasteiger partial charge in [0.05, 0.1) is 11.6 Å². The first-order valence-electron chi connectivity index (χ1n) is 11.3. The van der Waals surface area contributed by atoms with E-state index in [4.69, 9.17) is 0 Å². The molecule has 1 unspecified atom stereocenters. The first-order valence-corrected chi connectivity index (χ1v) is 13.6. The molecule has 0 spiro atoms. The maximum Gasteiger partial charge on any atom is 0.255 e. The van der Waals surface area contributed by atoms with Crippen molar-refractivity contribution in [1.29, 1.82) is 0 Å². The molecular weight excluding hydrogens is 470 g/mol. The van der Waals surface area contributed by atoms with E-state index in [9.17, 15) is 13.2 Å². The van der Waals surface area contributed by atoms with Gasteiger partial charge in [-0.3, -0.25) is 9.20 Å². The van der Waals surface area contributed by atoms with Crippen LogP contribution in [-0.2, 0) is 23.0 Å². The van der Waals surface area contributed by atoms with Gasteiger partial charge in [0.15, 0.2) is 11.5 Å². The molecule has 4 aromatic rings. The van der Waals surface area contributed by atoms with Crippen LogP contribution in [0.3, 0.4) is 0 Å². The smallest absolute Gasteiger partial charge is 0.255 e. The average molecular weight is 494 g/mol. The van der Waals surface area contributed by atoms with Crippen LogP contribution < -0.4 is 0 Å².